The first-order valence-corrected chi connectivity index (χ1v) is 8.64. The Morgan fingerprint density at radius 1 is 1.36 bits per heavy atom. The van der Waals surface area contributed by atoms with Gasteiger partial charge in [-0.05, 0) is 19.9 Å². The van der Waals surface area contributed by atoms with Gasteiger partial charge in [-0.1, -0.05) is 0 Å². The molecule has 1 aliphatic rings. The summed E-state index contributed by atoms with van der Waals surface area (Å²) in [6.07, 6.45) is 0. The normalized spacial score (nSPS) is 15.9. The van der Waals surface area contributed by atoms with E-state index in [0.717, 1.165) is 51.9 Å². The Hall–Kier alpha value is -2.06. The summed E-state index contributed by atoms with van der Waals surface area (Å²) in [5, 5.41) is 6.53. The van der Waals surface area contributed by atoms with Crippen LogP contribution in [0.25, 0.3) is 0 Å². The molecule has 0 aliphatic carbocycles. The molecule has 0 spiro atoms. The summed E-state index contributed by atoms with van der Waals surface area (Å²) >= 11 is 0. The average molecular weight is 352 g/mol. The summed E-state index contributed by atoms with van der Waals surface area (Å²) < 4.78 is 15.7. The lowest BCUT2D eigenvalue weighted by molar-refractivity contribution is 0.0389. The van der Waals surface area contributed by atoms with Gasteiger partial charge in [0.2, 0.25) is 0 Å². The molecule has 0 amide bonds. The standard InChI is InChI=1S/C17H28N4O4/c1-4-18-17(19-5-6-21-7-9-24-10-8-21)20-12-14-11-15(13(2)25-14)16(22)23-3/h11H,4-10,12H2,1-3H3,(H2,18,19,20). The number of nitrogens with zero attached hydrogens (tertiary/aromatic N) is 2. The van der Waals surface area contributed by atoms with Crippen LogP contribution in [0.3, 0.4) is 0 Å². The lowest BCUT2D eigenvalue weighted by Crippen LogP contribution is -2.44. The molecule has 8 nitrogen and oxygen atoms in total. The SMILES string of the molecule is CCNC(=NCc1cc(C(=O)OC)c(C)o1)NCCN1CCOCC1. The Labute approximate surface area is 148 Å². The number of aryl methyl sites for hydroxylation is 1. The van der Waals surface area contributed by atoms with Crippen molar-refractivity contribution in [3.63, 3.8) is 0 Å². The van der Waals surface area contributed by atoms with Crippen molar-refractivity contribution in [2.24, 2.45) is 4.99 Å². The second-order valence-electron chi connectivity index (χ2n) is 5.75. The van der Waals surface area contributed by atoms with Crippen LogP contribution in [0.15, 0.2) is 15.5 Å². The van der Waals surface area contributed by atoms with Crippen LogP contribution < -0.4 is 10.6 Å². The Balaban J connectivity index is 1.87. The third kappa shape index (κ3) is 6.06. The number of nitrogens with one attached hydrogen (secondary N) is 2. The number of carbonyl (C=O) groups is 1. The molecule has 0 atom stereocenters. The van der Waals surface area contributed by atoms with Gasteiger partial charge >= 0.3 is 5.97 Å². The first-order valence-electron chi connectivity index (χ1n) is 8.64. The fourth-order valence-corrected chi connectivity index (χ4v) is 2.59. The third-order valence-electron chi connectivity index (χ3n) is 3.94. The predicted octanol–water partition coefficient (Wildman–Crippen LogP) is 0.762. The van der Waals surface area contributed by atoms with Crippen molar-refractivity contribution in [3.8, 4) is 0 Å². The Bertz CT molecular complexity index is 579. The van der Waals surface area contributed by atoms with Gasteiger partial charge in [0.1, 0.15) is 23.6 Å². The van der Waals surface area contributed by atoms with Gasteiger partial charge in [0.15, 0.2) is 5.96 Å². The van der Waals surface area contributed by atoms with Gasteiger partial charge in [0, 0.05) is 32.7 Å². The summed E-state index contributed by atoms with van der Waals surface area (Å²) in [4.78, 5) is 18.5. The van der Waals surface area contributed by atoms with Gasteiger partial charge in [-0.25, -0.2) is 9.79 Å². The van der Waals surface area contributed by atoms with Gasteiger partial charge in [-0.2, -0.15) is 0 Å². The van der Waals surface area contributed by atoms with Crippen LogP contribution >= 0.6 is 0 Å². The number of guanidine groups is 1. The van der Waals surface area contributed by atoms with E-state index in [1.54, 1.807) is 13.0 Å². The number of furan rings is 1. The number of carbonyl (C=O) groups excluding carboxylic acids is 1. The van der Waals surface area contributed by atoms with Gasteiger partial charge in [0.05, 0.1) is 20.3 Å². The third-order valence-corrected chi connectivity index (χ3v) is 3.94. The fourth-order valence-electron chi connectivity index (χ4n) is 2.59. The van der Waals surface area contributed by atoms with E-state index < -0.39 is 5.97 Å². The van der Waals surface area contributed by atoms with Crippen molar-refractivity contribution in [2.45, 2.75) is 20.4 Å². The zero-order chi connectivity index (χ0) is 18.1. The zero-order valence-corrected chi connectivity index (χ0v) is 15.3. The molecular formula is C17H28N4O4. The molecule has 140 valence electrons. The van der Waals surface area contributed by atoms with Crippen LogP contribution in [0.5, 0.6) is 0 Å². The van der Waals surface area contributed by atoms with Gasteiger partial charge in [-0.15, -0.1) is 0 Å². The largest absolute Gasteiger partial charge is 0.465 e. The Kier molecular flexibility index (Phi) is 7.75. The van der Waals surface area contributed by atoms with Gasteiger partial charge in [0.25, 0.3) is 0 Å². The second kappa shape index (κ2) is 10.0. The van der Waals surface area contributed by atoms with Crippen molar-refractivity contribution < 1.29 is 18.7 Å². The van der Waals surface area contributed by atoms with E-state index in [2.05, 4.69) is 20.5 Å². The van der Waals surface area contributed by atoms with E-state index in [0.29, 0.717) is 23.6 Å². The van der Waals surface area contributed by atoms with Gasteiger partial charge in [-0.3, -0.25) is 4.90 Å². The summed E-state index contributed by atoms with van der Waals surface area (Å²) in [7, 11) is 1.36. The molecule has 0 saturated carbocycles. The van der Waals surface area contributed by atoms with Crippen molar-refractivity contribution >= 4 is 11.9 Å². The van der Waals surface area contributed by atoms with Crippen LogP contribution in [0.2, 0.25) is 0 Å². The molecule has 1 fully saturated rings. The number of methoxy groups -OCH3 is 1. The van der Waals surface area contributed by atoms with E-state index in [1.807, 2.05) is 6.92 Å². The number of ether oxygens (including phenoxy) is 2. The minimum absolute atomic E-state index is 0.352. The molecule has 2 rings (SSSR count). The van der Waals surface area contributed by atoms with Crippen molar-refractivity contribution in [3.05, 3.63) is 23.2 Å². The quantitative estimate of drug-likeness (QED) is 0.425. The minimum atomic E-state index is -0.396. The number of rotatable bonds is 7. The number of aliphatic imine (C=N–C) groups is 1. The molecule has 1 aromatic heterocycles. The highest BCUT2D eigenvalue weighted by Crippen LogP contribution is 2.16. The lowest BCUT2D eigenvalue weighted by atomic mass is 10.2. The predicted molar refractivity (Wildman–Crippen MR) is 94.9 cm³/mol. The topological polar surface area (TPSA) is 88.3 Å². The van der Waals surface area contributed by atoms with E-state index in [1.165, 1.54) is 7.11 Å². The molecular weight excluding hydrogens is 324 g/mol. The molecule has 1 aromatic rings. The molecule has 25 heavy (non-hydrogen) atoms. The van der Waals surface area contributed by atoms with Crippen molar-refractivity contribution in [1.82, 2.24) is 15.5 Å². The van der Waals surface area contributed by atoms with Crippen LogP contribution in [0, 0.1) is 6.92 Å². The fraction of sp³-hybridized carbons (Fsp3) is 0.647. The van der Waals surface area contributed by atoms with Crippen molar-refractivity contribution in [1.29, 1.82) is 0 Å². The molecule has 0 aromatic carbocycles. The summed E-state index contributed by atoms with van der Waals surface area (Å²) in [6, 6.07) is 1.68. The van der Waals surface area contributed by atoms with E-state index in [-0.39, 0.29) is 0 Å². The van der Waals surface area contributed by atoms with Crippen LogP contribution in [0.4, 0.5) is 0 Å². The number of morpholine rings is 1. The first-order chi connectivity index (χ1) is 12.1. The maximum atomic E-state index is 11.6. The number of hydrogen-bond donors (Lipinski definition) is 2. The second-order valence-corrected chi connectivity index (χ2v) is 5.75. The van der Waals surface area contributed by atoms with Crippen LogP contribution in [-0.4, -0.2) is 69.9 Å². The van der Waals surface area contributed by atoms with E-state index >= 15 is 0 Å². The number of esters is 1. The summed E-state index contributed by atoms with van der Waals surface area (Å²) in [6.45, 7) is 10.2. The van der Waals surface area contributed by atoms with Crippen LogP contribution in [-0.2, 0) is 16.0 Å². The molecule has 1 saturated heterocycles. The highest BCUT2D eigenvalue weighted by Gasteiger charge is 2.15. The van der Waals surface area contributed by atoms with E-state index in [4.69, 9.17) is 13.9 Å². The highest BCUT2D eigenvalue weighted by molar-refractivity contribution is 5.90. The maximum absolute atomic E-state index is 11.6. The van der Waals surface area contributed by atoms with Crippen molar-refractivity contribution in [2.75, 3.05) is 53.0 Å². The van der Waals surface area contributed by atoms with Crippen LogP contribution in [0.1, 0.15) is 28.8 Å². The molecule has 0 radical (unpaired) electrons. The Morgan fingerprint density at radius 3 is 2.80 bits per heavy atom. The molecule has 8 heteroatoms. The monoisotopic (exact) mass is 352 g/mol. The first kappa shape index (κ1) is 19.3. The molecule has 1 aliphatic heterocycles. The molecule has 0 bridgehead atoms. The van der Waals surface area contributed by atoms with Gasteiger partial charge < -0.3 is 24.5 Å². The molecule has 0 unspecified atom stereocenters. The highest BCUT2D eigenvalue weighted by atomic mass is 16.5. The Morgan fingerprint density at radius 2 is 2.12 bits per heavy atom. The lowest BCUT2D eigenvalue weighted by Gasteiger charge is -2.26. The molecule has 2 heterocycles. The van der Waals surface area contributed by atoms with E-state index in [9.17, 15) is 4.79 Å². The minimum Gasteiger partial charge on any atom is -0.465 e. The molecule has 2 N–H and O–H groups in total. The number of hydrogen-bond acceptors (Lipinski definition) is 6. The smallest absolute Gasteiger partial charge is 0.341 e. The average Bonchev–Trinajstić information content (AvgIpc) is 3.00. The zero-order valence-electron chi connectivity index (χ0n) is 15.3. The maximum Gasteiger partial charge on any atom is 0.341 e. The summed E-state index contributed by atoms with van der Waals surface area (Å²) in [5.74, 6) is 1.50. The summed E-state index contributed by atoms with van der Waals surface area (Å²) in [5.41, 5.74) is 0.443.